The fourth-order valence-corrected chi connectivity index (χ4v) is 0.799. The number of hydrogen-bond donors (Lipinski definition) is 2. The minimum Gasteiger partial charge on any atom is -0.387 e. The van der Waals surface area contributed by atoms with Gasteiger partial charge < -0.3 is 10.4 Å². The Morgan fingerprint density at radius 1 is 1.67 bits per heavy atom. The molecule has 0 aromatic heterocycles. The van der Waals surface area contributed by atoms with Crippen LogP contribution in [-0.4, -0.2) is 24.3 Å². The molecule has 1 heterocycles. The number of aliphatic hydroxyl groups excluding tert-OH is 1. The van der Waals surface area contributed by atoms with Crippen LogP contribution in [0.15, 0.2) is 12.2 Å². The standard InChI is InChI=1S/C6H11NO.CH4/c1-5-2-3-7-4-6(5)8;/h6-8H,1-4H2;1H4. The number of hydrogen-bond acceptors (Lipinski definition) is 2. The minimum atomic E-state index is -0.302. The molecule has 0 aromatic rings. The molecule has 0 radical (unpaired) electrons. The Labute approximate surface area is 56.6 Å². The predicted octanol–water partition coefficient (Wildman–Crippen LogP) is 0.533. The van der Waals surface area contributed by atoms with Gasteiger partial charge in [-0.1, -0.05) is 14.0 Å². The fraction of sp³-hybridized carbons (Fsp3) is 0.714. The molecular formula is C7H15NO. The molecule has 2 heteroatoms. The topological polar surface area (TPSA) is 32.3 Å². The molecular weight excluding hydrogens is 114 g/mol. The highest BCUT2D eigenvalue weighted by molar-refractivity contribution is 5.05. The van der Waals surface area contributed by atoms with Crippen LogP contribution in [0.1, 0.15) is 13.8 Å². The van der Waals surface area contributed by atoms with Crippen LogP contribution in [0.2, 0.25) is 0 Å². The van der Waals surface area contributed by atoms with E-state index < -0.39 is 0 Å². The third-order valence-electron chi connectivity index (χ3n) is 1.43. The quantitative estimate of drug-likeness (QED) is 0.468. The van der Waals surface area contributed by atoms with Crippen molar-refractivity contribution in [3.05, 3.63) is 12.2 Å². The van der Waals surface area contributed by atoms with Crippen molar-refractivity contribution >= 4 is 0 Å². The molecule has 1 atom stereocenters. The SMILES string of the molecule is C.C=C1CCNCC1O. The zero-order valence-electron chi connectivity index (χ0n) is 4.85. The van der Waals surface area contributed by atoms with E-state index in [1.54, 1.807) is 0 Å². The molecule has 54 valence electrons. The molecule has 9 heavy (non-hydrogen) atoms. The molecule has 1 fully saturated rings. The summed E-state index contributed by atoms with van der Waals surface area (Å²) in [6.45, 7) is 5.35. The molecule has 2 N–H and O–H groups in total. The highest BCUT2D eigenvalue weighted by Crippen LogP contribution is 2.06. The smallest absolute Gasteiger partial charge is 0.0872 e. The van der Waals surface area contributed by atoms with Crippen LogP contribution in [0.4, 0.5) is 0 Å². The Bertz CT molecular complexity index is 101. The van der Waals surface area contributed by atoms with Crippen molar-refractivity contribution in [3.8, 4) is 0 Å². The molecule has 0 aliphatic carbocycles. The van der Waals surface area contributed by atoms with Gasteiger partial charge in [0.2, 0.25) is 0 Å². The summed E-state index contributed by atoms with van der Waals surface area (Å²) in [5, 5.41) is 12.1. The van der Waals surface area contributed by atoms with Crippen molar-refractivity contribution in [2.75, 3.05) is 13.1 Å². The van der Waals surface area contributed by atoms with E-state index in [1.807, 2.05) is 0 Å². The Hall–Kier alpha value is -0.340. The van der Waals surface area contributed by atoms with Gasteiger partial charge in [0.1, 0.15) is 0 Å². The van der Waals surface area contributed by atoms with Crippen LogP contribution in [0.25, 0.3) is 0 Å². The predicted molar refractivity (Wildman–Crippen MR) is 39.4 cm³/mol. The van der Waals surface area contributed by atoms with Crippen LogP contribution < -0.4 is 5.32 Å². The van der Waals surface area contributed by atoms with Gasteiger partial charge in [-0.2, -0.15) is 0 Å². The summed E-state index contributed by atoms with van der Waals surface area (Å²) in [5.74, 6) is 0. The van der Waals surface area contributed by atoms with E-state index in [0.29, 0.717) is 6.54 Å². The second-order valence-electron chi connectivity index (χ2n) is 2.13. The van der Waals surface area contributed by atoms with Crippen molar-refractivity contribution in [2.24, 2.45) is 0 Å². The van der Waals surface area contributed by atoms with Gasteiger partial charge in [-0.05, 0) is 18.5 Å². The third kappa shape index (κ3) is 2.16. The summed E-state index contributed by atoms with van der Waals surface area (Å²) in [6, 6.07) is 0. The molecule has 0 bridgehead atoms. The lowest BCUT2D eigenvalue weighted by atomic mass is 10.1. The highest BCUT2D eigenvalue weighted by Gasteiger charge is 2.11. The van der Waals surface area contributed by atoms with Crippen LogP contribution in [-0.2, 0) is 0 Å². The van der Waals surface area contributed by atoms with Gasteiger partial charge in [-0.25, -0.2) is 0 Å². The molecule has 1 aliphatic heterocycles. The van der Waals surface area contributed by atoms with E-state index in [1.165, 1.54) is 0 Å². The highest BCUT2D eigenvalue weighted by atomic mass is 16.3. The lowest BCUT2D eigenvalue weighted by molar-refractivity contribution is 0.191. The molecule has 1 aliphatic rings. The fourth-order valence-electron chi connectivity index (χ4n) is 0.799. The van der Waals surface area contributed by atoms with Crippen LogP contribution in [0, 0.1) is 0 Å². The number of nitrogens with one attached hydrogen (secondary N) is 1. The number of rotatable bonds is 0. The largest absolute Gasteiger partial charge is 0.387 e. The molecule has 1 saturated heterocycles. The average molecular weight is 129 g/mol. The summed E-state index contributed by atoms with van der Waals surface area (Å²) >= 11 is 0. The Kier molecular flexibility index (Phi) is 3.50. The Morgan fingerprint density at radius 2 is 2.33 bits per heavy atom. The van der Waals surface area contributed by atoms with Gasteiger partial charge >= 0.3 is 0 Å². The maximum Gasteiger partial charge on any atom is 0.0872 e. The average Bonchev–Trinajstić information content (AvgIpc) is 1.77. The van der Waals surface area contributed by atoms with E-state index in [0.717, 1.165) is 18.5 Å². The summed E-state index contributed by atoms with van der Waals surface area (Å²) in [5.41, 5.74) is 0.962. The first-order valence-corrected chi connectivity index (χ1v) is 2.87. The molecule has 0 spiro atoms. The van der Waals surface area contributed by atoms with Crippen molar-refractivity contribution in [2.45, 2.75) is 20.0 Å². The molecule has 0 saturated carbocycles. The van der Waals surface area contributed by atoms with E-state index >= 15 is 0 Å². The van der Waals surface area contributed by atoms with E-state index in [4.69, 9.17) is 5.11 Å². The van der Waals surface area contributed by atoms with Gasteiger partial charge in [0.25, 0.3) is 0 Å². The van der Waals surface area contributed by atoms with Crippen LogP contribution in [0.3, 0.4) is 0 Å². The van der Waals surface area contributed by atoms with Crippen LogP contribution >= 0.6 is 0 Å². The summed E-state index contributed by atoms with van der Waals surface area (Å²) in [7, 11) is 0. The molecule has 1 rings (SSSR count). The van der Waals surface area contributed by atoms with E-state index in [2.05, 4.69) is 11.9 Å². The van der Waals surface area contributed by atoms with E-state index in [-0.39, 0.29) is 13.5 Å². The van der Waals surface area contributed by atoms with Gasteiger partial charge in [0.05, 0.1) is 6.10 Å². The zero-order valence-corrected chi connectivity index (χ0v) is 4.85. The van der Waals surface area contributed by atoms with Gasteiger partial charge in [0, 0.05) is 6.54 Å². The first-order valence-electron chi connectivity index (χ1n) is 2.87. The van der Waals surface area contributed by atoms with Crippen molar-refractivity contribution < 1.29 is 5.11 Å². The lowest BCUT2D eigenvalue weighted by Crippen LogP contribution is -2.34. The molecule has 0 aromatic carbocycles. The second-order valence-corrected chi connectivity index (χ2v) is 2.13. The number of β-amino-alcohol motifs (C(OH)–C–C–N with tert-alkyl or cyclic N) is 1. The Balaban J connectivity index is 0.000000640. The lowest BCUT2D eigenvalue weighted by Gasteiger charge is -2.19. The Morgan fingerprint density at radius 3 is 2.67 bits per heavy atom. The summed E-state index contributed by atoms with van der Waals surface area (Å²) < 4.78 is 0. The summed E-state index contributed by atoms with van der Waals surface area (Å²) in [4.78, 5) is 0. The minimum absolute atomic E-state index is 0. The molecule has 0 amide bonds. The number of piperidine rings is 1. The molecule has 2 nitrogen and oxygen atoms in total. The van der Waals surface area contributed by atoms with Crippen molar-refractivity contribution in [1.29, 1.82) is 0 Å². The van der Waals surface area contributed by atoms with Crippen molar-refractivity contribution in [3.63, 3.8) is 0 Å². The summed E-state index contributed by atoms with van der Waals surface area (Å²) in [6.07, 6.45) is 0.616. The third-order valence-corrected chi connectivity index (χ3v) is 1.43. The molecule has 1 unspecified atom stereocenters. The second kappa shape index (κ2) is 3.64. The maximum atomic E-state index is 9.02. The normalized spacial score (nSPS) is 27.2. The maximum absolute atomic E-state index is 9.02. The van der Waals surface area contributed by atoms with Crippen LogP contribution in [0.5, 0.6) is 0 Å². The number of aliphatic hydroxyl groups is 1. The van der Waals surface area contributed by atoms with E-state index in [9.17, 15) is 0 Å². The van der Waals surface area contributed by atoms with Gasteiger partial charge in [-0.15, -0.1) is 0 Å². The van der Waals surface area contributed by atoms with Gasteiger partial charge in [-0.3, -0.25) is 0 Å². The van der Waals surface area contributed by atoms with Crippen molar-refractivity contribution in [1.82, 2.24) is 5.32 Å². The first kappa shape index (κ1) is 8.66. The first-order chi connectivity index (χ1) is 3.80. The zero-order chi connectivity index (χ0) is 5.98. The monoisotopic (exact) mass is 129 g/mol. The van der Waals surface area contributed by atoms with Gasteiger partial charge in [0.15, 0.2) is 0 Å².